The number of hydrogen-bond donors (Lipinski definition) is 2. The first-order valence-corrected chi connectivity index (χ1v) is 8.49. The molecule has 2 aliphatic carbocycles. The molecule has 120 valence electrons. The molecular weight excluding hydrogens is 286 g/mol. The summed E-state index contributed by atoms with van der Waals surface area (Å²) in [6.45, 7) is 7.22. The van der Waals surface area contributed by atoms with Gasteiger partial charge in [0, 0.05) is 5.41 Å². The Kier molecular flexibility index (Phi) is 2.16. The zero-order chi connectivity index (χ0) is 16.0. The van der Waals surface area contributed by atoms with Crippen molar-refractivity contribution in [2.75, 3.05) is 5.32 Å². The van der Waals surface area contributed by atoms with E-state index in [0.29, 0.717) is 11.9 Å². The largest absolute Gasteiger partial charge is 0.370 e. The standard InChI is InChI=1S/C18H23N5/c1-16(2)11-8-9-17(16,3)18(10-11)22-14(19)21-15-20-12-6-4-5-7-13(12)23(15)18/h4-7,11H,8-10H2,1-3H3,(H3,19,20,21,22)/t11-,17-,18?/m1/s1. The molecule has 1 aromatic carbocycles. The van der Waals surface area contributed by atoms with E-state index in [2.05, 4.69) is 48.9 Å². The van der Waals surface area contributed by atoms with E-state index in [1.54, 1.807) is 0 Å². The van der Waals surface area contributed by atoms with Gasteiger partial charge in [0.05, 0.1) is 11.0 Å². The molecule has 2 saturated carbocycles. The molecule has 1 unspecified atom stereocenters. The number of guanidine groups is 1. The van der Waals surface area contributed by atoms with E-state index >= 15 is 0 Å². The third-order valence-corrected chi connectivity index (χ3v) is 7.33. The summed E-state index contributed by atoms with van der Waals surface area (Å²) in [7, 11) is 0. The van der Waals surface area contributed by atoms with E-state index in [0.717, 1.165) is 23.4 Å². The molecule has 3 aliphatic rings. The molecule has 0 radical (unpaired) electrons. The van der Waals surface area contributed by atoms with Gasteiger partial charge in [-0.2, -0.15) is 0 Å². The van der Waals surface area contributed by atoms with Gasteiger partial charge < -0.3 is 5.73 Å². The lowest BCUT2D eigenvalue weighted by atomic mass is 9.66. The maximum Gasteiger partial charge on any atom is 0.212 e. The molecule has 0 saturated heterocycles. The second-order valence-electron chi connectivity index (χ2n) is 8.19. The van der Waals surface area contributed by atoms with Gasteiger partial charge in [-0.1, -0.05) is 32.9 Å². The van der Waals surface area contributed by atoms with Gasteiger partial charge in [0.15, 0.2) is 5.96 Å². The van der Waals surface area contributed by atoms with E-state index in [4.69, 9.17) is 15.7 Å². The van der Waals surface area contributed by atoms with Gasteiger partial charge in [-0.25, -0.2) is 9.98 Å². The van der Waals surface area contributed by atoms with Crippen LogP contribution in [-0.2, 0) is 5.66 Å². The number of nitrogens with one attached hydrogen (secondary N) is 1. The average Bonchev–Trinajstić information content (AvgIpc) is 3.02. The smallest absolute Gasteiger partial charge is 0.212 e. The summed E-state index contributed by atoms with van der Waals surface area (Å²) in [6, 6.07) is 8.32. The number of hydrogen-bond acceptors (Lipinski definition) is 4. The molecule has 5 nitrogen and oxygen atoms in total. The third-order valence-electron chi connectivity index (χ3n) is 7.33. The SMILES string of the molecule is CC1(C)[C@@H]2CC[C@@]1(C)C1(C2)N=C(N)Nc2nc3ccccc3n21. The monoisotopic (exact) mass is 309 g/mol. The highest BCUT2D eigenvalue weighted by atomic mass is 15.4. The highest BCUT2D eigenvalue weighted by molar-refractivity contribution is 5.95. The molecule has 3 atom stereocenters. The summed E-state index contributed by atoms with van der Waals surface area (Å²) in [4.78, 5) is 9.81. The number of anilines is 1. The molecule has 0 amide bonds. The second-order valence-corrected chi connectivity index (χ2v) is 8.19. The minimum absolute atomic E-state index is 0.0790. The third kappa shape index (κ3) is 1.28. The van der Waals surface area contributed by atoms with Crippen LogP contribution in [0.25, 0.3) is 11.0 Å². The van der Waals surface area contributed by atoms with Crippen LogP contribution >= 0.6 is 0 Å². The quantitative estimate of drug-likeness (QED) is 0.784. The molecule has 1 spiro atoms. The molecule has 2 fully saturated rings. The van der Waals surface area contributed by atoms with Crippen molar-refractivity contribution < 1.29 is 0 Å². The number of aliphatic imine (C=N–C) groups is 1. The Morgan fingerprint density at radius 2 is 2.04 bits per heavy atom. The number of fused-ring (bicyclic) bond motifs is 7. The number of rotatable bonds is 0. The summed E-state index contributed by atoms with van der Waals surface area (Å²) < 4.78 is 2.33. The number of benzene rings is 1. The Morgan fingerprint density at radius 1 is 1.26 bits per heavy atom. The van der Waals surface area contributed by atoms with E-state index in [-0.39, 0.29) is 16.5 Å². The summed E-state index contributed by atoms with van der Waals surface area (Å²) in [5.74, 6) is 2.01. The van der Waals surface area contributed by atoms with Crippen LogP contribution in [0, 0.1) is 16.7 Å². The number of nitrogens with two attached hydrogens (primary N) is 1. The number of aromatic nitrogens is 2. The van der Waals surface area contributed by atoms with Crippen LogP contribution < -0.4 is 11.1 Å². The van der Waals surface area contributed by atoms with Crippen molar-refractivity contribution in [2.45, 2.75) is 45.7 Å². The van der Waals surface area contributed by atoms with Crippen LogP contribution in [0.2, 0.25) is 0 Å². The maximum atomic E-state index is 6.19. The highest BCUT2D eigenvalue weighted by Crippen LogP contribution is 2.73. The molecule has 23 heavy (non-hydrogen) atoms. The topological polar surface area (TPSA) is 68.2 Å². The Hall–Kier alpha value is -2.04. The fraction of sp³-hybridized carbons (Fsp3) is 0.556. The lowest BCUT2D eigenvalue weighted by Gasteiger charge is -2.48. The van der Waals surface area contributed by atoms with Crippen molar-refractivity contribution in [1.29, 1.82) is 0 Å². The summed E-state index contributed by atoms with van der Waals surface area (Å²) in [6.07, 6.45) is 3.52. The lowest BCUT2D eigenvalue weighted by molar-refractivity contribution is 0.0331. The summed E-state index contributed by atoms with van der Waals surface area (Å²) >= 11 is 0. The van der Waals surface area contributed by atoms with Crippen LogP contribution in [0.4, 0.5) is 5.95 Å². The van der Waals surface area contributed by atoms with Crippen molar-refractivity contribution in [3.63, 3.8) is 0 Å². The van der Waals surface area contributed by atoms with Crippen LogP contribution in [0.5, 0.6) is 0 Å². The predicted molar refractivity (Wildman–Crippen MR) is 92.2 cm³/mol. The Balaban J connectivity index is 1.87. The van der Waals surface area contributed by atoms with E-state index in [1.807, 2.05) is 6.07 Å². The molecule has 1 aromatic heterocycles. The van der Waals surface area contributed by atoms with Crippen molar-refractivity contribution in [3.8, 4) is 0 Å². The number of imidazole rings is 1. The first-order valence-electron chi connectivity index (χ1n) is 8.49. The molecule has 3 N–H and O–H groups in total. The summed E-state index contributed by atoms with van der Waals surface area (Å²) in [5, 5.41) is 3.18. The zero-order valence-corrected chi connectivity index (χ0v) is 13.9. The minimum atomic E-state index is -0.319. The van der Waals surface area contributed by atoms with Gasteiger partial charge in [0.2, 0.25) is 5.95 Å². The fourth-order valence-electron chi connectivity index (χ4n) is 5.62. The molecule has 2 bridgehead atoms. The molecule has 5 rings (SSSR count). The number of para-hydroxylation sites is 2. The fourth-order valence-corrected chi connectivity index (χ4v) is 5.62. The number of nitrogens with zero attached hydrogens (tertiary/aromatic N) is 3. The molecule has 5 heteroatoms. The Morgan fingerprint density at radius 3 is 2.74 bits per heavy atom. The van der Waals surface area contributed by atoms with Crippen LogP contribution in [-0.4, -0.2) is 15.5 Å². The lowest BCUT2D eigenvalue weighted by Crippen LogP contribution is -2.52. The van der Waals surface area contributed by atoms with Gasteiger partial charge in [0.1, 0.15) is 5.66 Å². The van der Waals surface area contributed by atoms with E-state index in [1.165, 1.54) is 12.8 Å². The minimum Gasteiger partial charge on any atom is -0.370 e. The van der Waals surface area contributed by atoms with Crippen LogP contribution in [0.1, 0.15) is 40.0 Å². The highest BCUT2D eigenvalue weighted by Gasteiger charge is 2.71. The maximum absolute atomic E-state index is 6.19. The van der Waals surface area contributed by atoms with Gasteiger partial charge in [-0.15, -0.1) is 0 Å². The van der Waals surface area contributed by atoms with E-state index in [9.17, 15) is 0 Å². The molecule has 1 aliphatic heterocycles. The van der Waals surface area contributed by atoms with Crippen molar-refractivity contribution in [3.05, 3.63) is 24.3 Å². The average molecular weight is 309 g/mol. The van der Waals surface area contributed by atoms with Gasteiger partial charge in [-0.3, -0.25) is 9.88 Å². The predicted octanol–water partition coefficient (Wildman–Crippen LogP) is 3.28. The van der Waals surface area contributed by atoms with Gasteiger partial charge >= 0.3 is 0 Å². The zero-order valence-electron chi connectivity index (χ0n) is 13.9. The van der Waals surface area contributed by atoms with Crippen molar-refractivity contribution in [1.82, 2.24) is 9.55 Å². The Labute approximate surface area is 136 Å². The normalized spacial score (nSPS) is 37.0. The molecular formula is C18H23N5. The summed E-state index contributed by atoms with van der Waals surface area (Å²) in [5.41, 5.74) is 8.35. The molecule has 2 heterocycles. The van der Waals surface area contributed by atoms with Gasteiger partial charge in [0.25, 0.3) is 0 Å². The first-order chi connectivity index (χ1) is 10.9. The van der Waals surface area contributed by atoms with Crippen LogP contribution in [0.15, 0.2) is 29.3 Å². The van der Waals surface area contributed by atoms with Crippen molar-refractivity contribution in [2.24, 2.45) is 27.5 Å². The van der Waals surface area contributed by atoms with Crippen molar-refractivity contribution >= 4 is 22.9 Å². The molecule has 2 aromatic rings. The first kappa shape index (κ1) is 13.4. The van der Waals surface area contributed by atoms with Crippen LogP contribution in [0.3, 0.4) is 0 Å². The second kappa shape index (κ2) is 3.71. The Bertz CT molecular complexity index is 863. The van der Waals surface area contributed by atoms with E-state index < -0.39 is 0 Å². The van der Waals surface area contributed by atoms with Gasteiger partial charge in [-0.05, 0) is 42.7 Å².